The molecular formula is C20H19N3O2S. The highest BCUT2D eigenvalue weighted by Crippen LogP contribution is 2.16. The van der Waals surface area contributed by atoms with Crippen LogP contribution in [-0.4, -0.2) is 11.9 Å². The fraction of sp³-hybridized carbons (Fsp3) is 0.100. The van der Waals surface area contributed by atoms with E-state index in [9.17, 15) is 9.59 Å². The van der Waals surface area contributed by atoms with E-state index in [0.29, 0.717) is 17.8 Å². The first kappa shape index (κ1) is 17.7. The number of para-hydroxylation sites is 1. The number of hydrogen-bond donors (Lipinski definition) is 3. The second-order valence-corrected chi connectivity index (χ2v) is 6.68. The van der Waals surface area contributed by atoms with Crippen molar-refractivity contribution in [2.24, 2.45) is 0 Å². The smallest absolute Gasteiger partial charge is 0.323 e. The maximum atomic E-state index is 12.0. The third-order valence-corrected chi connectivity index (χ3v) is 4.57. The number of carbonyl (C=O) groups excluding carboxylic acids is 2. The molecule has 2 aromatic carbocycles. The largest absolute Gasteiger partial charge is 0.326 e. The fourth-order valence-electron chi connectivity index (χ4n) is 2.37. The lowest BCUT2D eigenvalue weighted by atomic mass is 10.2. The summed E-state index contributed by atoms with van der Waals surface area (Å²) in [5.74, 6) is -0.0269. The van der Waals surface area contributed by atoms with Crippen molar-refractivity contribution in [3.05, 3.63) is 77.0 Å². The zero-order valence-corrected chi connectivity index (χ0v) is 14.9. The van der Waals surface area contributed by atoms with Gasteiger partial charge in [-0.15, -0.1) is 11.3 Å². The van der Waals surface area contributed by atoms with Crippen LogP contribution < -0.4 is 16.0 Å². The number of urea groups is 1. The van der Waals surface area contributed by atoms with Crippen molar-refractivity contribution in [1.29, 1.82) is 0 Å². The molecule has 3 aromatic rings. The van der Waals surface area contributed by atoms with Gasteiger partial charge >= 0.3 is 6.03 Å². The second-order valence-electron chi connectivity index (χ2n) is 5.65. The molecule has 3 amide bonds. The zero-order chi connectivity index (χ0) is 18.2. The number of carbonyl (C=O) groups is 2. The van der Waals surface area contributed by atoms with Gasteiger partial charge in [-0.05, 0) is 54.3 Å². The van der Waals surface area contributed by atoms with Crippen LogP contribution in [0.5, 0.6) is 0 Å². The van der Waals surface area contributed by atoms with Crippen molar-refractivity contribution < 1.29 is 9.59 Å². The van der Waals surface area contributed by atoms with Crippen LogP contribution in [0.25, 0.3) is 0 Å². The predicted octanol–water partition coefficient (Wildman–Crippen LogP) is 4.96. The Hall–Kier alpha value is -3.12. The third kappa shape index (κ3) is 5.46. The minimum Gasteiger partial charge on any atom is -0.326 e. The first-order valence-corrected chi connectivity index (χ1v) is 9.12. The molecule has 0 unspecified atom stereocenters. The maximum absolute atomic E-state index is 12.0. The van der Waals surface area contributed by atoms with E-state index in [0.717, 1.165) is 12.1 Å². The molecule has 132 valence electrons. The summed E-state index contributed by atoms with van der Waals surface area (Å²) in [5.41, 5.74) is 2.07. The van der Waals surface area contributed by atoms with Crippen LogP contribution in [0, 0.1) is 0 Å². The van der Waals surface area contributed by atoms with Gasteiger partial charge in [0.05, 0.1) is 0 Å². The standard InChI is InChI=1S/C20H19N3O2S/c24-19(13-12-18-7-4-14-26-18)21-16-8-10-17(11-9-16)23-20(25)22-15-5-2-1-3-6-15/h1-11,14H,12-13H2,(H,21,24)(H2,22,23,25). The molecule has 5 nitrogen and oxygen atoms in total. The minimum absolute atomic E-state index is 0.0269. The molecule has 0 fully saturated rings. The summed E-state index contributed by atoms with van der Waals surface area (Å²) in [7, 11) is 0. The van der Waals surface area contributed by atoms with Crippen molar-refractivity contribution in [3.63, 3.8) is 0 Å². The van der Waals surface area contributed by atoms with Gasteiger partial charge in [0, 0.05) is 28.4 Å². The third-order valence-electron chi connectivity index (χ3n) is 3.64. The van der Waals surface area contributed by atoms with Crippen LogP contribution in [0.1, 0.15) is 11.3 Å². The number of anilines is 3. The molecule has 1 aromatic heterocycles. The van der Waals surface area contributed by atoms with E-state index < -0.39 is 0 Å². The number of rotatable bonds is 6. The van der Waals surface area contributed by atoms with Gasteiger partial charge in [0.2, 0.25) is 5.91 Å². The fourth-order valence-corrected chi connectivity index (χ4v) is 3.08. The lowest BCUT2D eigenvalue weighted by Gasteiger charge is -2.09. The van der Waals surface area contributed by atoms with Crippen LogP contribution in [0.15, 0.2) is 72.1 Å². The molecule has 0 saturated heterocycles. The van der Waals surface area contributed by atoms with Crippen LogP contribution in [0.4, 0.5) is 21.9 Å². The van der Waals surface area contributed by atoms with Crippen LogP contribution in [0.3, 0.4) is 0 Å². The SMILES string of the molecule is O=C(CCc1cccs1)Nc1ccc(NC(=O)Nc2ccccc2)cc1. The maximum Gasteiger partial charge on any atom is 0.323 e. The van der Waals surface area contributed by atoms with Crippen molar-refractivity contribution >= 4 is 40.3 Å². The molecule has 3 N–H and O–H groups in total. The summed E-state index contributed by atoms with van der Waals surface area (Å²) in [4.78, 5) is 25.1. The summed E-state index contributed by atoms with van der Waals surface area (Å²) < 4.78 is 0. The van der Waals surface area contributed by atoms with Crippen LogP contribution in [-0.2, 0) is 11.2 Å². The molecule has 0 aliphatic carbocycles. The quantitative estimate of drug-likeness (QED) is 0.577. The van der Waals surface area contributed by atoms with E-state index in [1.165, 1.54) is 4.88 Å². The van der Waals surface area contributed by atoms with Gasteiger partial charge in [-0.3, -0.25) is 4.79 Å². The van der Waals surface area contributed by atoms with Gasteiger partial charge in [-0.2, -0.15) is 0 Å². The van der Waals surface area contributed by atoms with Crippen molar-refractivity contribution in [3.8, 4) is 0 Å². The minimum atomic E-state index is -0.316. The predicted molar refractivity (Wildman–Crippen MR) is 107 cm³/mol. The number of benzene rings is 2. The van der Waals surface area contributed by atoms with Gasteiger partial charge in [-0.1, -0.05) is 24.3 Å². The Kier molecular flexibility index (Phi) is 6.01. The first-order chi connectivity index (χ1) is 12.7. The lowest BCUT2D eigenvalue weighted by molar-refractivity contribution is -0.116. The number of thiophene rings is 1. The van der Waals surface area contributed by atoms with Crippen LogP contribution >= 0.6 is 11.3 Å². The van der Waals surface area contributed by atoms with E-state index in [4.69, 9.17) is 0 Å². The average Bonchev–Trinajstić information content (AvgIpc) is 3.16. The summed E-state index contributed by atoms with van der Waals surface area (Å²) in [6, 6.07) is 19.9. The van der Waals surface area contributed by atoms with Gasteiger partial charge in [0.25, 0.3) is 0 Å². The highest BCUT2D eigenvalue weighted by atomic mass is 32.1. The number of hydrogen-bond acceptors (Lipinski definition) is 3. The molecule has 0 aliphatic heterocycles. The molecule has 1 heterocycles. The Bertz CT molecular complexity index is 847. The molecule has 0 bridgehead atoms. The summed E-state index contributed by atoms with van der Waals surface area (Å²) in [5, 5.41) is 10.4. The van der Waals surface area contributed by atoms with E-state index in [1.807, 2.05) is 47.8 Å². The summed E-state index contributed by atoms with van der Waals surface area (Å²) in [6.07, 6.45) is 1.18. The van der Waals surface area contributed by atoms with Crippen molar-refractivity contribution in [2.45, 2.75) is 12.8 Å². The van der Waals surface area contributed by atoms with Crippen molar-refractivity contribution in [2.75, 3.05) is 16.0 Å². The molecule has 0 saturated carbocycles. The molecule has 0 aliphatic rings. The zero-order valence-electron chi connectivity index (χ0n) is 14.1. The summed E-state index contributed by atoms with van der Waals surface area (Å²) in [6.45, 7) is 0. The topological polar surface area (TPSA) is 70.2 Å². The Labute approximate surface area is 156 Å². The molecule has 26 heavy (non-hydrogen) atoms. The van der Waals surface area contributed by atoms with Crippen molar-refractivity contribution in [1.82, 2.24) is 0 Å². The van der Waals surface area contributed by atoms with E-state index >= 15 is 0 Å². The Morgan fingerprint density at radius 3 is 1.96 bits per heavy atom. The van der Waals surface area contributed by atoms with E-state index in [2.05, 4.69) is 16.0 Å². The molecule has 0 atom stereocenters. The van der Waals surface area contributed by atoms with Gasteiger partial charge in [-0.25, -0.2) is 4.79 Å². The summed E-state index contributed by atoms with van der Waals surface area (Å²) >= 11 is 1.65. The number of aryl methyl sites for hydroxylation is 1. The second kappa shape index (κ2) is 8.82. The lowest BCUT2D eigenvalue weighted by Crippen LogP contribution is -2.19. The molecule has 6 heteroatoms. The Morgan fingerprint density at radius 1 is 0.731 bits per heavy atom. The van der Waals surface area contributed by atoms with Gasteiger partial charge in [0.15, 0.2) is 0 Å². The molecule has 0 spiro atoms. The highest BCUT2D eigenvalue weighted by Gasteiger charge is 2.05. The molecule has 3 rings (SSSR count). The van der Waals surface area contributed by atoms with E-state index in [1.54, 1.807) is 35.6 Å². The number of amides is 3. The molecule has 0 radical (unpaired) electrons. The Morgan fingerprint density at radius 2 is 1.35 bits per heavy atom. The van der Waals surface area contributed by atoms with Gasteiger partial charge in [0.1, 0.15) is 0 Å². The monoisotopic (exact) mass is 365 g/mol. The van der Waals surface area contributed by atoms with E-state index in [-0.39, 0.29) is 11.9 Å². The number of nitrogens with one attached hydrogen (secondary N) is 3. The Balaban J connectivity index is 1.46. The normalized spacial score (nSPS) is 10.2. The van der Waals surface area contributed by atoms with Gasteiger partial charge < -0.3 is 16.0 Å². The first-order valence-electron chi connectivity index (χ1n) is 8.24. The van der Waals surface area contributed by atoms with Crippen LogP contribution in [0.2, 0.25) is 0 Å². The highest BCUT2D eigenvalue weighted by molar-refractivity contribution is 7.09. The average molecular weight is 365 g/mol. The molecular weight excluding hydrogens is 346 g/mol.